The molecule has 5 nitrogen and oxygen atoms in total. The minimum atomic E-state index is -0.462. The number of thiocarbonyl (C=S) groups is 1. The van der Waals surface area contributed by atoms with Crippen molar-refractivity contribution in [3.05, 3.63) is 74.2 Å². The third-order valence-corrected chi connectivity index (χ3v) is 5.26. The lowest BCUT2D eigenvalue weighted by Gasteiger charge is -2.15. The molecule has 0 aromatic heterocycles. The van der Waals surface area contributed by atoms with E-state index in [2.05, 4.69) is 0 Å². The molecule has 0 spiro atoms. The van der Waals surface area contributed by atoms with Crippen LogP contribution in [-0.4, -0.2) is 15.2 Å². The lowest BCUT2D eigenvalue weighted by atomic mass is 10.1. The highest BCUT2D eigenvalue weighted by molar-refractivity contribution is 8.27. The van der Waals surface area contributed by atoms with Crippen LogP contribution in [0.4, 0.5) is 11.4 Å². The highest BCUT2D eigenvalue weighted by atomic mass is 32.2. The van der Waals surface area contributed by atoms with Crippen molar-refractivity contribution in [1.82, 2.24) is 0 Å². The van der Waals surface area contributed by atoms with E-state index in [1.165, 1.54) is 17.0 Å². The van der Waals surface area contributed by atoms with Gasteiger partial charge < -0.3 is 0 Å². The van der Waals surface area contributed by atoms with Crippen molar-refractivity contribution in [3.63, 3.8) is 0 Å². The Balaban J connectivity index is 1.99. The van der Waals surface area contributed by atoms with Gasteiger partial charge in [0.1, 0.15) is 0 Å². The van der Waals surface area contributed by atoms with Crippen molar-refractivity contribution < 1.29 is 9.72 Å². The molecular weight excluding hydrogens is 356 g/mol. The summed E-state index contributed by atoms with van der Waals surface area (Å²) in [5.41, 5.74) is 3.24. The standard InChI is InChI=1S/C18H14N2O3S2/c1-11-7-8-14(9-12(11)2)19-17(21)16(25-18(19)24)10-13-5-3-4-6-15(13)20(22)23/h3-10H,1-2H3. The second-order valence-electron chi connectivity index (χ2n) is 5.60. The molecular formula is C18H14N2O3S2. The van der Waals surface area contributed by atoms with E-state index in [0.717, 1.165) is 22.9 Å². The molecule has 0 saturated carbocycles. The molecule has 7 heteroatoms. The molecule has 0 bridgehead atoms. The molecule has 1 aliphatic heterocycles. The largest absolute Gasteiger partial charge is 0.276 e. The van der Waals surface area contributed by atoms with Crippen LogP contribution < -0.4 is 4.90 Å². The van der Waals surface area contributed by atoms with Gasteiger partial charge in [-0.15, -0.1) is 0 Å². The number of para-hydroxylation sites is 1. The monoisotopic (exact) mass is 370 g/mol. The summed E-state index contributed by atoms with van der Waals surface area (Å²) in [6, 6.07) is 12.0. The fourth-order valence-corrected chi connectivity index (χ4v) is 3.76. The van der Waals surface area contributed by atoms with Gasteiger partial charge in [0.05, 0.1) is 21.1 Å². The summed E-state index contributed by atoms with van der Waals surface area (Å²) in [5.74, 6) is -0.267. The van der Waals surface area contributed by atoms with E-state index in [-0.39, 0.29) is 11.6 Å². The SMILES string of the molecule is Cc1ccc(N2C(=O)C(=Cc3ccccc3[N+](=O)[O-])SC2=S)cc1C. The number of rotatable bonds is 3. The number of hydrogen-bond donors (Lipinski definition) is 0. The first-order chi connectivity index (χ1) is 11.9. The molecule has 0 N–H and O–H groups in total. The van der Waals surface area contributed by atoms with Gasteiger partial charge in [-0.05, 0) is 49.2 Å². The predicted octanol–water partition coefficient (Wildman–Crippen LogP) is 4.62. The topological polar surface area (TPSA) is 63.5 Å². The average Bonchev–Trinajstić information content (AvgIpc) is 2.84. The van der Waals surface area contributed by atoms with Gasteiger partial charge >= 0.3 is 0 Å². The van der Waals surface area contributed by atoms with Crippen LogP contribution in [0.3, 0.4) is 0 Å². The molecule has 3 rings (SSSR count). The average molecular weight is 370 g/mol. The first-order valence-corrected chi connectivity index (χ1v) is 8.69. The van der Waals surface area contributed by atoms with Gasteiger partial charge in [0.2, 0.25) is 0 Å². The molecule has 126 valence electrons. The Morgan fingerprint density at radius 3 is 2.56 bits per heavy atom. The van der Waals surface area contributed by atoms with Crippen molar-refractivity contribution in [1.29, 1.82) is 0 Å². The van der Waals surface area contributed by atoms with Crippen molar-refractivity contribution in [3.8, 4) is 0 Å². The van der Waals surface area contributed by atoms with Crippen LogP contribution in [0.25, 0.3) is 6.08 Å². The summed E-state index contributed by atoms with van der Waals surface area (Å²) >= 11 is 6.49. The van der Waals surface area contributed by atoms with Gasteiger partial charge in [0.25, 0.3) is 11.6 Å². The lowest BCUT2D eigenvalue weighted by molar-refractivity contribution is -0.385. The van der Waals surface area contributed by atoms with Crippen LogP contribution in [0, 0.1) is 24.0 Å². The molecule has 1 aliphatic rings. The Kier molecular flexibility index (Phi) is 4.69. The van der Waals surface area contributed by atoms with Crippen molar-refractivity contribution >= 4 is 51.7 Å². The summed E-state index contributed by atoms with van der Waals surface area (Å²) in [4.78, 5) is 25.3. The van der Waals surface area contributed by atoms with E-state index in [1.54, 1.807) is 18.2 Å². The molecule has 25 heavy (non-hydrogen) atoms. The number of hydrogen-bond acceptors (Lipinski definition) is 5. The van der Waals surface area contributed by atoms with Gasteiger partial charge in [0, 0.05) is 6.07 Å². The maximum Gasteiger partial charge on any atom is 0.276 e. The molecule has 0 radical (unpaired) electrons. The van der Waals surface area contributed by atoms with Crippen molar-refractivity contribution in [2.75, 3.05) is 4.90 Å². The molecule has 1 amide bonds. The van der Waals surface area contributed by atoms with Crippen molar-refractivity contribution in [2.45, 2.75) is 13.8 Å². The maximum atomic E-state index is 12.8. The zero-order valence-electron chi connectivity index (χ0n) is 13.6. The minimum Gasteiger partial charge on any atom is -0.268 e. The summed E-state index contributed by atoms with van der Waals surface area (Å²) in [5, 5.41) is 11.1. The highest BCUT2D eigenvalue weighted by Crippen LogP contribution is 2.37. The number of amides is 1. The second-order valence-corrected chi connectivity index (χ2v) is 7.28. The number of carbonyl (C=O) groups excluding carboxylic acids is 1. The second kappa shape index (κ2) is 6.78. The van der Waals surface area contributed by atoms with E-state index >= 15 is 0 Å². The fourth-order valence-electron chi connectivity index (χ4n) is 2.47. The summed E-state index contributed by atoms with van der Waals surface area (Å²) in [6.07, 6.45) is 1.53. The molecule has 0 atom stereocenters. The smallest absolute Gasteiger partial charge is 0.268 e. The first kappa shape index (κ1) is 17.3. The van der Waals surface area contributed by atoms with Crippen LogP contribution in [0.2, 0.25) is 0 Å². The van der Waals surface area contributed by atoms with Crippen LogP contribution in [-0.2, 0) is 4.79 Å². The van der Waals surface area contributed by atoms with E-state index < -0.39 is 4.92 Å². The maximum absolute atomic E-state index is 12.8. The van der Waals surface area contributed by atoms with Gasteiger partial charge in [-0.1, -0.05) is 42.2 Å². The van der Waals surface area contributed by atoms with Crippen molar-refractivity contribution in [2.24, 2.45) is 0 Å². The third kappa shape index (κ3) is 3.33. The Morgan fingerprint density at radius 2 is 1.88 bits per heavy atom. The Bertz CT molecular complexity index is 938. The quantitative estimate of drug-likeness (QED) is 0.341. The molecule has 1 saturated heterocycles. The normalized spacial score (nSPS) is 15.9. The molecule has 2 aromatic carbocycles. The summed E-state index contributed by atoms with van der Waals surface area (Å²) < 4.78 is 0.415. The summed E-state index contributed by atoms with van der Waals surface area (Å²) in [7, 11) is 0. The number of nitrogens with zero attached hydrogens (tertiary/aromatic N) is 2. The van der Waals surface area contributed by atoms with E-state index in [9.17, 15) is 14.9 Å². The van der Waals surface area contributed by atoms with Gasteiger partial charge in [-0.25, -0.2) is 0 Å². The predicted molar refractivity (Wildman–Crippen MR) is 105 cm³/mol. The number of anilines is 1. The highest BCUT2D eigenvalue weighted by Gasteiger charge is 2.33. The Morgan fingerprint density at radius 1 is 1.16 bits per heavy atom. The number of nitro benzene ring substituents is 1. The van der Waals surface area contributed by atoms with Crippen LogP contribution in [0.1, 0.15) is 16.7 Å². The Hall–Kier alpha value is -2.51. The summed E-state index contributed by atoms with van der Waals surface area (Å²) in [6.45, 7) is 3.97. The zero-order chi connectivity index (χ0) is 18.1. The number of benzene rings is 2. The number of carbonyl (C=O) groups is 1. The number of aryl methyl sites for hydroxylation is 2. The van der Waals surface area contributed by atoms with Crippen LogP contribution >= 0.6 is 24.0 Å². The van der Waals surface area contributed by atoms with E-state index in [0.29, 0.717) is 20.5 Å². The molecule has 2 aromatic rings. The molecule has 0 unspecified atom stereocenters. The van der Waals surface area contributed by atoms with E-state index in [1.807, 2.05) is 32.0 Å². The molecule has 1 heterocycles. The Labute approximate surface area is 154 Å². The van der Waals surface area contributed by atoms with Crippen LogP contribution in [0.15, 0.2) is 47.4 Å². The number of nitro groups is 1. The van der Waals surface area contributed by atoms with Crippen LogP contribution in [0.5, 0.6) is 0 Å². The molecule has 0 aliphatic carbocycles. The van der Waals surface area contributed by atoms with Gasteiger partial charge in [-0.3, -0.25) is 19.8 Å². The third-order valence-electron chi connectivity index (χ3n) is 3.96. The first-order valence-electron chi connectivity index (χ1n) is 7.47. The van der Waals surface area contributed by atoms with Gasteiger partial charge in [-0.2, -0.15) is 0 Å². The fraction of sp³-hybridized carbons (Fsp3) is 0.111. The number of thioether (sulfide) groups is 1. The minimum absolute atomic E-state index is 0.0426. The van der Waals surface area contributed by atoms with Gasteiger partial charge in [0.15, 0.2) is 4.32 Å². The van der Waals surface area contributed by atoms with E-state index in [4.69, 9.17) is 12.2 Å². The lowest BCUT2D eigenvalue weighted by Crippen LogP contribution is -2.27. The zero-order valence-corrected chi connectivity index (χ0v) is 15.2. The molecule has 1 fully saturated rings.